The van der Waals surface area contributed by atoms with Crippen LogP contribution in [0.1, 0.15) is 11.1 Å². The number of rotatable bonds is 14. The standard InChI is InChI=1S/2C30H27GeNO3/c2*1-34-28-19-17-24(18-20-28)23-29(32-21-22-35-30(32)33)31(25-11-5-2-6-12-25,26-13-7-3-8-14-26)27-15-9-4-10-16-27/h2*2-20,23H,21-22H2,1H3/b2*29-23+. The van der Waals surface area contributed by atoms with Crippen LogP contribution in [0.2, 0.25) is 0 Å². The van der Waals surface area contributed by atoms with Crippen molar-refractivity contribution >= 4 is 77.2 Å². The van der Waals surface area contributed by atoms with E-state index in [0.717, 1.165) is 31.7 Å². The van der Waals surface area contributed by atoms with Gasteiger partial charge in [0.2, 0.25) is 0 Å². The Bertz CT molecular complexity index is 2630. The van der Waals surface area contributed by atoms with Gasteiger partial charge in [-0.25, -0.2) is 0 Å². The average molecular weight is 1040 g/mol. The molecule has 0 bridgehead atoms. The number of methoxy groups -OCH3 is 2. The first-order valence-electron chi connectivity index (χ1n) is 23.4. The van der Waals surface area contributed by atoms with E-state index in [9.17, 15) is 9.59 Å². The van der Waals surface area contributed by atoms with Crippen molar-refractivity contribution in [2.75, 3.05) is 40.5 Å². The minimum atomic E-state index is -3.66. The Morgan fingerprint density at radius 2 is 0.629 bits per heavy atom. The van der Waals surface area contributed by atoms with E-state index in [2.05, 4.69) is 158 Å². The predicted octanol–water partition coefficient (Wildman–Crippen LogP) is 8.40. The fourth-order valence-corrected chi connectivity index (χ4v) is 30.5. The minimum absolute atomic E-state index is 0.289. The number of nitrogens with zero attached hydrogens (tertiary/aromatic N) is 2. The quantitative estimate of drug-likeness (QED) is 0.102. The van der Waals surface area contributed by atoms with Gasteiger partial charge in [0.1, 0.15) is 0 Å². The van der Waals surface area contributed by atoms with Crippen LogP contribution >= 0.6 is 0 Å². The summed E-state index contributed by atoms with van der Waals surface area (Å²) in [6.45, 7) is 1.82. The second-order valence-electron chi connectivity index (χ2n) is 16.8. The van der Waals surface area contributed by atoms with E-state index < -0.39 is 26.5 Å². The molecule has 0 N–H and O–H groups in total. The Balaban J connectivity index is 0.000000174. The molecule has 8 nitrogen and oxygen atoms in total. The van der Waals surface area contributed by atoms with Gasteiger partial charge in [0.15, 0.2) is 0 Å². The summed E-state index contributed by atoms with van der Waals surface area (Å²) < 4.78 is 31.3. The molecule has 2 amide bonds. The SMILES string of the molecule is COc1ccc(/C=[C](/N2CCOC2=O)[Ge]([c]2ccccc2)([c]2ccccc2)[c]2ccccc2)cc1.COc1ccc(/C=[C](/N2CCOC2=O)[Ge]([c]2ccccc2)([c]2ccccc2)[c]2ccccc2)cc1. The third-order valence-electron chi connectivity index (χ3n) is 13.0. The average Bonchev–Trinajstić information content (AvgIpc) is 4.07. The zero-order valence-corrected chi connectivity index (χ0v) is 43.5. The second-order valence-corrected chi connectivity index (χ2v) is 32.5. The topological polar surface area (TPSA) is 77.5 Å². The number of carbonyl (C=O) groups is 2. The number of cyclic esters (lactones) is 2. The van der Waals surface area contributed by atoms with Gasteiger partial charge in [-0.2, -0.15) is 0 Å². The summed E-state index contributed by atoms with van der Waals surface area (Å²) in [5.74, 6) is 1.59. The summed E-state index contributed by atoms with van der Waals surface area (Å²) >= 11 is -7.33. The van der Waals surface area contributed by atoms with E-state index in [-0.39, 0.29) is 12.2 Å². The number of hydrogen-bond donors (Lipinski definition) is 0. The normalized spacial score (nSPS) is 14.0. The number of carbonyl (C=O) groups excluding carboxylic acids is 2. The summed E-state index contributed by atoms with van der Waals surface area (Å²) in [5.41, 5.74) is 2.02. The van der Waals surface area contributed by atoms with Crippen LogP contribution in [-0.2, 0) is 9.47 Å². The predicted molar refractivity (Wildman–Crippen MR) is 286 cm³/mol. The molecular formula is C60H54Ge2N2O6. The van der Waals surface area contributed by atoms with E-state index >= 15 is 0 Å². The van der Waals surface area contributed by atoms with Gasteiger partial charge in [-0.05, 0) is 0 Å². The fourth-order valence-electron chi connectivity index (χ4n) is 9.73. The maximum absolute atomic E-state index is 13.1. The van der Waals surface area contributed by atoms with Gasteiger partial charge in [0.05, 0.1) is 0 Å². The van der Waals surface area contributed by atoms with Crippen molar-refractivity contribution in [1.29, 1.82) is 0 Å². The second kappa shape index (κ2) is 22.3. The van der Waals surface area contributed by atoms with Crippen LogP contribution in [0.4, 0.5) is 9.59 Å². The van der Waals surface area contributed by atoms with Crippen LogP contribution in [-0.4, -0.2) is 89.0 Å². The van der Waals surface area contributed by atoms with Crippen molar-refractivity contribution in [3.8, 4) is 11.5 Å². The zero-order valence-electron chi connectivity index (χ0n) is 39.3. The molecule has 0 radical (unpaired) electrons. The number of amides is 2. The third-order valence-corrected chi connectivity index (χ3v) is 33.0. The van der Waals surface area contributed by atoms with Crippen molar-refractivity contribution in [3.05, 3.63) is 251 Å². The Hall–Kier alpha value is -7.53. The number of ether oxygens (including phenoxy) is 4. The summed E-state index contributed by atoms with van der Waals surface area (Å²) in [6.07, 6.45) is 3.78. The third kappa shape index (κ3) is 9.70. The zero-order chi connectivity index (χ0) is 48.2. The van der Waals surface area contributed by atoms with Gasteiger partial charge in [-0.1, -0.05) is 0 Å². The van der Waals surface area contributed by atoms with Crippen molar-refractivity contribution in [1.82, 2.24) is 9.80 Å². The molecule has 2 aliphatic rings. The molecule has 8 aromatic rings. The molecule has 10 rings (SSSR count). The molecule has 8 aromatic carbocycles. The Morgan fingerprint density at radius 3 is 0.829 bits per heavy atom. The van der Waals surface area contributed by atoms with Crippen molar-refractivity contribution in [2.24, 2.45) is 0 Å². The summed E-state index contributed by atoms with van der Waals surface area (Å²) in [6, 6.07) is 79.9. The van der Waals surface area contributed by atoms with Gasteiger partial charge in [0.25, 0.3) is 0 Å². The Labute approximate surface area is 415 Å². The molecule has 0 unspecified atom stereocenters. The van der Waals surface area contributed by atoms with Crippen molar-refractivity contribution in [3.63, 3.8) is 0 Å². The van der Waals surface area contributed by atoms with Gasteiger partial charge < -0.3 is 0 Å². The monoisotopic (exact) mass is 1050 g/mol. The van der Waals surface area contributed by atoms with Gasteiger partial charge in [-0.15, -0.1) is 0 Å². The van der Waals surface area contributed by atoms with Crippen LogP contribution in [0.15, 0.2) is 240 Å². The summed E-state index contributed by atoms with van der Waals surface area (Å²) in [5, 5.41) is 0. The summed E-state index contributed by atoms with van der Waals surface area (Å²) in [7, 11) is 3.33. The van der Waals surface area contributed by atoms with Crippen LogP contribution in [0.25, 0.3) is 12.2 Å². The fraction of sp³-hybridized carbons (Fsp3) is 0.100. The van der Waals surface area contributed by atoms with E-state index in [1.807, 2.05) is 94.7 Å². The number of benzene rings is 8. The van der Waals surface area contributed by atoms with E-state index in [1.165, 1.54) is 26.4 Å². The molecule has 2 aliphatic heterocycles. The molecule has 0 aliphatic carbocycles. The molecule has 0 aromatic heterocycles. The van der Waals surface area contributed by atoms with E-state index in [1.54, 1.807) is 14.2 Å². The first kappa shape index (κ1) is 47.5. The first-order chi connectivity index (χ1) is 34.5. The molecule has 2 fully saturated rings. The molecular weight excluding hydrogens is 990 g/mol. The van der Waals surface area contributed by atoms with Crippen LogP contribution in [0.5, 0.6) is 11.5 Å². The number of hydrogen-bond acceptors (Lipinski definition) is 6. The van der Waals surface area contributed by atoms with Crippen LogP contribution in [0, 0.1) is 0 Å². The molecule has 0 saturated carbocycles. The van der Waals surface area contributed by atoms with E-state index in [4.69, 9.17) is 18.9 Å². The van der Waals surface area contributed by atoms with E-state index in [0.29, 0.717) is 26.3 Å². The molecule has 10 heteroatoms. The first-order valence-corrected chi connectivity index (χ1v) is 31.8. The van der Waals surface area contributed by atoms with Gasteiger partial charge >= 0.3 is 418 Å². The molecule has 70 heavy (non-hydrogen) atoms. The molecule has 2 heterocycles. The Morgan fingerprint density at radius 1 is 0.386 bits per heavy atom. The van der Waals surface area contributed by atoms with Crippen molar-refractivity contribution in [2.45, 2.75) is 0 Å². The van der Waals surface area contributed by atoms with Crippen molar-refractivity contribution < 1.29 is 28.5 Å². The van der Waals surface area contributed by atoms with Crippen LogP contribution in [0.3, 0.4) is 0 Å². The maximum atomic E-state index is 13.1. The Kier molecular flexibility index (Phi) is 15.1. The molecule has 2 saturated heterocycles. The molecule has 0 atom stereocenters. The van der Waals surface area contributed by atoms with Gasteiger partial charge in [0, 0.05) is 0 Å². The summed E-state index contributed by atoms with van der Waals surface area (Å²) in [4.78, 5) is 30.0. The van der Waals surface area contributed by atoms with Crippen LogP contribution < -0.4 is 35.8 Å². The molecule has 348 valence electrons. The molecule has 0 spiro atoms. The van der Waals surface area contributed by atoms with Gasteiger partial charge in [-0.3, -0.25) is 0 Å².